The predicted octanol–water partition coefficient (Wildman–Crippen LogP) is 2.93. The quantitative estimate of drug-likeness (QED) is 0.652. The predicted molar refractivity (Wildman–Crippen MR) is 113 cm³/mol. The number of piperazine rings is 1. The molecular formula is C21H23N3O2S. The molecule has 0 atom stereocenters. The van der Waals surface area contributed by atoms with Gasteiger partial charge in [0.15, 0.2) is 5.11 Å². The second-order valence-electron chi connectivity index (χ2n) is 6.18. The van der Waals surface area contributed by atoms with E-state index < -0.39 is 0 Å². The molecule has 0 spiro atoms. The zero-order valence-electron chi connectivity index (χ0n) is 15.3. The molecule has 2 aromatic carbocycles. The number of ether oxygens (including phenoxy) is 1. The van der Waals surface area contributed by atoms with E-state index >= 15 is 0 Å². The number of nitrogens with one attached hydrogen (secondary N) is 1. The van der Waals surface area contributed by atoms with E-state index in [9.17, 15) is 4.79 Å². The minimum atomic E-state index is -0.212. The molecule has 1 aliphatic heterocycles. The highest BCUT2D eigenvalue weighted by molar-refractivity contribution is 7.80. The van der Waals surface area contributed by atoms with Crippen molar-refractivity contribution in [2.75, 3.05) is 38.2 Å². The highest BCUT2D eigenvalue weighted by Crippen LogP contribution is 2.28. The molecule has 1 heterocycles. The number of rotatable bonds is 4. The number of hydrogen-bond donors (Lipinski definition) is 1. The van der Waals surface area contributed by atoms with Crippen LogP contribution in [0.2, 0.25) is 0 Å². The fourth-order valence-electron chi connectivity index (χ4n) is 3.00. The second-order valence-corrected chi connectivity index (χ2v) is 6.57. The van der Waals surface area contributed by atoms with Crippen molar-refractivity contribution in [1.29, 1.82) is 0 Å². The standard InChI is InChI=1S/C21H23N3O2S/c1-26-19-10-6-5-9-18(19)23-13-15-24(16-14-23)21(27)22-20(25)12-11-17-7-3-2-4-8-17/h2-12H,13-16H2,1H3,(H,22,25,27)/b12-11+. The lowest BCUT2D eigenvalue weighted by Crippen LogP contribution is -2.52. The minimum absolute atomic E-state index is 0.212. The average Bonchev–Trinajstić information content (AvgIpc) is 2.73. The first kappa shape index (κ1) is 18.9. The van der Waals surface area contributed by atoms with Crippen LogP contribution in [0.5, 0.6) is 5.75 Å². The average molecular weight is 382 g/mol. The van der Waals surface area contributed by atoms with Crippen LogP contribution in [0.25, 0.3) is 6.08 Å². The van der Waals surface area contributed by atoms with Crippen LogP contribution in [0, 0.1) is 0 Å². The number of amides is 1. The summed E-state index contributed by atoms with van der Waals surface area (Å²) in [6, 6.07) is 17.7. The molecule has 1 fully saturated rings. The number of methoxy groups -OCH3 is 1. The van der Waals surface area contributed by atoms with Crippen molar-refractivity contribution in [3.05, 3.63) is 66.2 Å². The summed E-state index contributed by atoms with van der Waals surface area (Å²) >= 11 is 5.40. The Kier molecular flexibility index (Phi) is 6.44. The van der Waals surface area contributed by atoms with Crippen molar-refractivity contribution in [2.45, 2.75) is 0 Å². The number of nitrogens with zero attached hydrogens (tertiary/aromatic N) is 2. The van der Waals surface area contributed by atoms with Crippen molar-refractivity contribution >= 4 is 35.0 Å². The smallest absolute Gasteiger partial charge is 0.250 e. The molecule has 1 aliphatic rings. The molecule has 0 radical (unpaired) electrons. The Hall–Kier alpha value is -2.86. The van der Waals surface area contributed by atoms with E-state index in [2.05, 4.69) is 16.3 Å². The van der Waals surface area contributed by atoms with Crippen LogP contribution in [0.1, 0.15) is 5.56 Å². The lowest BCUT2D eigenvalue weighted by atomic mass is 10.2. The first-order valence-electron chi connectivity index (χ1n) is 8.88. The van der Waals surface area contributed by atoms with Crippen LogP contribution in [-0.4, -0.2) is 49.2 Å². The van der Waals surface area contributed by atoms with Crippen molar-refractivity contribution in [2.24, 2.45) is 0 Å². The second kappa shape index (κ2) is 9.19. The molecule has 2 aromatic rings. The maximum atomic E-state index is 12.1. The summed E-state index contributed by atoms with van der Waals surface area (Å²) in [5, 5.41) is 3.26. The van der Waals surface area contributed by atoms with Gasteiger partial charge in [-0.05, 0) is 36.0 Å². The van der Waals surface area contributed by atoms with Crippen LogP contribution in [0.15, 0.2) is 60.7 Å². The molecule has 0 aliphatic carbocycles. The Morgan fingerprint density at radius 1 is 1.04 bits per heavy atom. The zero-order valence-corrected chi connectivity index (χ0v) is 16.1. The maximum Gasteiger partial charge on any atom is 0.250 e. The summed E-state index contributed by atoms with van der Waals surface area (Å²) in [5.41, 5.74) is 2.06. The summed E-state index contributed by atoms with van der Waals surface area (Å²) in [7, 11) is 1.68. The van der Waals surface area contributed by atoms with E-state index in [1.807, 2.05) is 53.4 Å². The highest BCUT2D eigenvalue weighted by atomic mass is 32.1. The first-order valence-corrected chi connectivity index (χ1v) is 9.29. The van der Waals surface area contributed by atoms with E-state index in [1.165, 1.54) is 6.08 Å². The first-order chi connectivity index (χ1) is 13.2. The molecule has 6 heteroatoms. The largest absolute Gasteiger partial charge is 0.495 e. The highest BCUT2D eigenvalue weighted by Gasteiger charge is 2.21. The van der Waals surface area contributed by atoms with Gasteiger partial charge in [-0.3, -0.25) is 10.1 Å². The Balaban J connectivity index is 1.51. The molecule has 140 valence electrons. The van der Waals surface area contributed by atoms with Gasteiger partial charge in [-0.15, -0.1) is 0 Å². The molecule has 1 N–H and O–H groups in total. The van der Waals surface area contributed by atoms with Crippen LogP contribution in [-0.2, 0) is 4.79 Å². The topological polar surface area (TPSA) is 44.8 Å². The van der Waals surface area contributed by atoms with Gasteiger partial charge in [0.1, 0.15) is 5.75 Å². The number of hydrogen-bond acceptors (Lipinski definition) is 4. The summed E-state index contributed by atoms with van der Waals surface area (Å²) in [6.45, 7) is 3.13. The van der Waals surface area contributed by atoms with Crippen LogP contribution in [0.3, 0.4) is 0 Å². The number of benzene rings is 2. The molecular weight excluding hydrogens is 358 g/mol. The molecule has 1 saturated heterocycles. The monoisotopic (exact) mass is 381 g/mol. The Labute approximate surface area is 165 Å². The van der Waals surface area contributed by atoms with Gasteiger partial charge < -0.3 is 14.5 Å². The molecule has 3 rings (SSSR count). The molecule has 0 aromatic heterocycles. The normalized spacial score (nSPS) is 14.3. The van der Waals surface area contributed by atoms with Gasteiger partial charge in [-0.25, -0.2) is 0 Å². The number of anilines is 1. The van der Waals surface area contributed by atoms with Gasteiger partial charge in [0, 0.05) is 32.3 Å². The summed E-state index contributed by atoms with van der Waals surface area (Å²) < 4.78 is 5.44. The van der Waals surface area contributed by atoms with E-state index in [1.54, 1.807) is 13.2 Å². The third-order valence-electron chi connectivity index (χ3n) is 4.45. The van der Waals surface area contributed by atoms with Gasteiger partial charge in [-0.1, -0.05) is 42.5 Å². The third kappa shape index (κ3) is 5.08. The number of thiocarbonyl (C=S) groups is 1. The zero-order chi connectivity index (χ0) is 19.1. The SMILES string of the molecule is COc1ccccc1N1CCN(C(=S)NC(=O)/C=C/c2ccccc2)CC1. The molecule has 5 nitrogen and oxygen atoms in total. The van der Waals surface area contributed by atoms with E-state index in [0.29, 0.717) is 5.11 Å². The van der Waals surface area contributed by atoms with Gasteiger partial charge >= 0.3 is 0 Å². The Morgan fingerprint density at radius 3 is 2.41 bits per heavy atom. The molecule has 1 amide bonds. The summed E-state index contributed by atoms with van der Waals surface area (Å²) in [6.07, 6.45) is 3.28. The molecule has 27 heavy (non-hydrogen) atoms. The van der Waals surface area contributed by atoms with E-state index in [-0.39, 0.29) is 5.91 Å². The Bertz CT molecular complexity index is 815. The van der Waals surface area contributed by atoms with Crippen LogP contribution >= 0.6 is 12.2 Å². The van der Waals surface area contributed by atoms with E-state index in [0.717, 1.165) is 43.2 Å². The Morgan fingerprint density at radius 2 is 1.70 bits per heavy atom. The number of para-hydroxylation sites is 2. The van der Waals surface area contributed by atoms with Crippen molar-refractivity contribution in [1.82, 2.24) is 10.2 Å². The van der Waals surface area contributed by atoms with Crippen molar-refractivity contribution < 1.29 is 9.53 Å². The molecule has 0 unspecified atom stereocenters. The van der Waals surface area contributed by atoms with Crippen LogP contribution < -0.4 is 15.0 Å². The van der Waals surface area contributed by atoms with Crippen molar-refractivity contribution in [3.63, 3.8) is 0 Å². The van der Waals surface area contributed by atoms with E-state index in [4.69, 9.17) is 17.0 Å². The maximum absolute atomic E-state index is 12.1. The lowest BCUT2D eigenvalue weighted by Gasteiger charge is -2.37. The fraction of sp³-hybridized carbons (Fsp3) is 0.238. The summed E-state index contributed by atoms with van der Waals surface area (Å²) in [5.74, 6) is 0.656. The van der Waals surface area contributed by atoms with Crippen LogP contribution in [0.4, 0.5) is 5.69 Å². The lowest BCUT2D eigenvalue weighted by molar-refractivity contribution is -0.115. The van der Waals surface area contributed by atoms with Gasteiger partial charge in [-0.2, -0.15) is 0 Å². The molecule has 0 bridgehead atoms. The minimum Gasteiger partial charge on any atom is -0.495 e. The number of carbonyl (C=O) groups is 1. The van der Waals surface area contributed by atoms with Gasteiger partial charge in [0.25, 0.3) is 0 Å². The fourth-order valence-corrected chi connectivity index (χ4v) is 3.29. The molecule has 0 saturated carbocycles. The third-order valence-corrected chi connectivity index (χ3v) is 4.81. The van der Waals surface area contributed by atoms with Gasteiger partial charge in [0.05, 0.1) is 12.8 Å². The van der Waals surface area contributed by atoms with Gasteiger partial charge in [0.2, 0.25) is 5.91 Å². The number of carbonyl (C=O) groups excluding carboxylic acids is 1. The van der Waals surface area contributed by atoms with Crippen molar-refractivity contribution in [3.8, 4) is 5.75 Å². The summed E-state index contributed by atoms with van der Waals surface area (Å²) in [4.78, 5) is 16.4.